The molecule has 0 fully saturated rings. The van der Waals surface area contributed by atoms with Crippen LogP contribution < -0.4 is 10.0 Å². The fourth-order valence-electron chi connectivity index (χ4n) is 2.10. The van der Waals surface area contributed by atoms with Crippen LogP contribution in [0.25, 0.3) is 0 Å². The highest BCUT2D eigenvalue weighted by Crippen LogP contribution is 2.14. The third-order valence-electron chi connectivity index (χ3n) is 3.35. The van der Waals surface area contributed by atoms with Crippen molar-refractivity contribution in [3.05, 3.63) is 60.2 Å². The van der Waals surface area contributed by atoms with E-state index >= 15 is 0 Å². The first-order valence-electron chi connectivity index (χ1n) is 7.94. The Morgan fingerprint density at radius 3 is 2.27 bits per heavy atom. The first kappa shape index (κ1) is 19.6. The van der Waals surface area contributed by atoms with Crippen LogP contribution in [-0.2, 0) is 31.0 Å². The van der Waals surface area contributed by atoms with E-state index in [4.69, 9.17) is 4.74 Å². The Labute approximate surface area is 152 Å². The van der Waals surface area contributed by atoms with E-state index in [1.165, 1.54) is 31.2 Å². The topological polar surface area (TPSA) is 102 Å². The van der Waals surface area contributed by atoms with Crippen LogP contribution in [0.3, 0.4) is 0 Å². The third-order valence-corrected chi connectivity index (χ3v) is 4.83. The molecule has 0 radical (unpaired) electrons. The Hall–Kier alpha value is -2.71. The lowest BCUT2D eigenvalue weighted by molar-refractivity contribution is -0.144. The summed E-state index contributed by atoms with van der Waals surface area (Å²) in [7, 11) is -3.74. The van der Waals surface area contributed by atoms with Crippen LogP contribution in [0.2, 0.25) is 0 Å². The maximum Gasteiger partial charge on any atom is 0.307 e. The van der Waals surface area contributed by atoms with Crippen molar-refractivity contribution in [1.82, 2.24) is 4.72 Å². The normalized spacial score (nSPS) is 11.0. The zero-order chi connectivity index (χ0) is 19.0. The molecule has 2 aromatic rings. The summed E-state index contributed by atoms with van der Waals surface area (Å²) >= 11 is 0. The average Bonchev–Trinajstić information content (AvgIpc) is 2.61. The van der Waals surface area contributed by atoms with Crippen LogP contribution in [-0.4, -0.2) is 26.8 Å². The minimum atomic E-state index is -3.74. The van der Waals surface area contributed by atoms with Gasteiger partial charge in [0.15, 0.2) is 0 Å². The lowest BCUT2D eigenvalue weighted by Gasteiger charge is -2.08. The molecular formula is C18H20N2O5S. The molecule has 0 atom stereocenters. The molecule has 26 heavy (non-hydrogen) atoms. The van der Waals surface area contributed by atoms with E-state index in [9.17, 15) is 18.0 Å². The molecule has 7 nitrogen and oxygen atoms in total. The molecule has 0 aliphatic carbocycles. The SMILES string of the molecule is CC(=O)Nc1ccc(S(=O)(=O)NCCC(=O)OCc2ccccc2)cc1. The van der Waals surface area contributed by atoms with Gasteiger partial charge in [-0.05, 0) is 29.8 Å². The largest absolute Gasteiger partial charge is 0.461 e. The van der Waals surface area contributed by atoms with Crippen LogP contribution >= 0.6 is 0 Å². The first-order valence-corrected chi connectivity index (χ1v) is 9.42. The highest BCUT2D eigenvalue weighted by molar-refractivity contribution is 7.89. The predicted octanol–water partition coefficient (Wildman–Crippen LogP) is 2.06. The fourth-order valence-corrected chi connectivity index (χ4v) is 3.13. The van der Waals surface area contributed by atoms with Gasteiger partial charge in [-0.2, -0.15) is 0 Å². The maximum atomic E-state index is 12.2. The van der Waals surface area contributed by atoms with Crippen molar-refractivity contribution in [2.75, 3.05) is 11.9 Å². The lowest BCUT2D eigenvalue weighted by Crippen LogP contribution is -2.26. The summed E-state index contributed by atoms with van der Waals surface area (Å²) in [5.74, 6) is -0.731. The van der Waals surface area contributed by atoms with Crippen molar-refractivity contribution in [1.29, 1.82) is 0 Å². The average molecular weight is 376 g/mol. The van der Waals surface area contributed by atoms with Crippen LogP contribution in [0.5, 0.6) is 0 Å². The smallest absolute Gasteiger partial charge is 0.307 e. The van der Waals surface area contributed by atoms with Gasteiger partial charge in [-0.15, -0.1) is 0 Å². The lowest BCUT2D eigenvalue weighted by atomic mass is 10.2. The monoisotopic (exact) mass is 376 g/mol. The van der Waals surface area contributed by atoms with Crippen molar-refractivity contribution in [2.24, 2.45) is 0 Å². The molecule has 0 bridgehead atoms. The van der Waals surface area contributed by atoms with Gasteiger partial charge in [-0.1, -0.05) is 30.3 Å². The van der Waals surface area contributed by atoms with E-state index in [0.717, 1.165) is 5.56 Å². The summed E-state index contributed by atoms with van der Waals surface area (Å²) in [5.41, 5.74) is 1.36. The van der Waals surface area contributed by atoms with Crippen molar-refractivity contribution in [3.8, 4) is 0 Å². The van der Waals surface area contributed by atoms with Crippen LogP contribution in [0.4, 0.5) is 5.69 Å². The molecule has 2 aromatic carbocycles. The van der Waals surface area contributed by atoms with E-state index in [1.807, 2.05) is 30.3 Å². The number of esters is 1. The highest BCUT2D eigenvalue weighted by atomic mass is 32.2. The second-order valence-corrected chi connectivity index (χ2v) is 7.27. The van der Waals surface area contributed by atoms with E-state index in [-0.39, 0.29) is 30.4 Å². The number of amides is 1. The Kier molecular flexibility index (Phi) is 6.88. The van der Waals surface area contributed by atoms with Gasteiger partial charge in [0.1, 0.15) is 6.61 Å². The standard InChI is InChI=1S/C18H20N2O5S/c1-14(21)20-16-7-9-17(10-8-16)26(23,24)19-12-11-18(22)25-13-15-5-3-2-4-6-15/h2-10,19H,11-13H2,1H3,(H,20,21). The number of sulfonamides is 1. The van der Waals surface area contributed by atoms with Gasteiger partial charge in [0.25, 0.3) is 0 Å². The number of anilines is 1. The van der Waals surface area contributed by atoms with E-state index in [1.54, 1.807) is 0 Å². The van der Waals surface area contributed by atoms with Crippen LogP contribution in [0.15, 0.2) is 59.5 Å². The van der Waals surface area contributed by atoms with Gasteiger partial charge in [0.05, 0.1) is 11.3 Å². The molecule has 0 saturated carbocycles. The molecule has 8 heteroatoms. The second kappa shape index (κ2) is 9.12. The number of benzene rings is 2. The Balaban J connectivity index is 1.80. The number of carbonyl (C=O) groups is 2. The molecule has 0 heterocycles. The Morgan fingerprint density at radius 1 is 1.00 bits per heavy atom. The summed E-state index contributed by atoms with van der Waals surface area (Å²) < 4.78 is 31.8. The molecule has 0 aliphatic rings. The highest BCUT2D eigenvalue weighted by Gasteiger charge is 2.14. The third kappa shape index (κ3) is 6.30. The van der Waals surface area contributed by atoms with Crippen LogP contribution in [0, 0.1) is 0 Å². The number of ether oxygens (including phenoxy) is 1. The van der Waals surface area contributed by atoms with Crippen molar-refractivity contribution >= 4 is 27.6 Å². The number of rotatable bonds is 8. The zero-order valence-corrected chi connectivity index (χ0v) is 15.1. The number of hydrogen-bond donors (Lipinski definition) is 2. The van der Waals surface area contributed by atoms with Gasteiger partial charge in [0.2, 0.25) is 15.9 Å². The molecular weight excluding hydrogens is 356 g/mol. The van der Waals surface area contributed by atoms with Gasteiger partial charge in [-0.3, -0.25) is 9.59 Å². The van der Waals surface area contributed by atoms with Crippen LogP contribution in [0.1, 0.15) is 18.9 Å². The molecule has 2 rings (SSSR count). The fraction of sp³-hybridized carbons (Fsp3) is 0.222. The van der Waals surface area contributed by atoms with Gasteiger partial charge in [-0.25, -0.2) is 13.1 Å². The number of hydrogen-bond acceptors (Lipinski definition) is 5. The van der Waals surface area contributed by atoms with E-state index in [2.05, 4.69) is 10.0 Å². The number of nitrogens with one attached hydrogen (secondary N) is 2. The van der Waals surface area contributed by atoms with Gasteiger partial charge in [0, 0.05) is 19.2 Å². The molecule has 0 aliphatic heterocycles. The van der Waals surface area contributed by atoms with E-state index < -0.39 is 16.0 Å². The summed E-state index contributed by atoms with van der Waals surface area (Å²) in [6, 6.07) is 14.9. The molecule has 0 unspecified atom stereocenters. The zero-order valence-electron chi connectivity index (χ0n) is 14.3. The second-order valence-electron chi connectivity index (χ2n) is 5.50. The summed E-state index contributed by atoms with van der Waals surface area (Å²) in [6.45, 7) is 1.45. The summed E-state index contributed by atoms with van der Waals surface area (Å²) in [5, 5.41) is 2.55. The van der Waals surface area contributed by atoms with Crippen molar-refractivity contribution < 1.29 is 22.7 Å². The van der Waals surface area contributed by atoms with Gasteiger partial charge < -0.3 is 10.1 Å². The minimum Gasteiger partial charge on any atom is -0.461 e. The Morgan fingerprint density at radius 2 is 1.65 bits per heavy atom. The molecule has 0 spiro atoms. The predicted molar refractivity (Wildman–Crippen MR) is 96.8 cm³/mol. The summed E-state index contributed by atoms with van der Waals surface area (Å²) in [6.07, 6.45) is -0.0734. The molecule has 0 aromatic heterocycles. The first-order chi connectivity index (χ1) is 12.4. The molecule has 138 valence electrons. The molecule has 2 N–H and O–H groups in total. The molecule has 1 amide bonds. The van der Waals surface area contributed by atoms with Crippen molar-refractivity contribution in [2.45, 2.75) is 24.8 Å². The van der Waals surface area contributed by atoms with Crippen molar-refractivity contribution in [3.63, 3.8) is 0 Å². The minimum absolute atomic E-state index is 0.0456. The maximum absolute atomic E-state index is 12.2. The van der Waals surface area contributed by atoms with E-state index in [0.29, 0.717) is 5.69 Å². The molecule has 0 saturated heterocycles. The number of carbonyl (C=O) groups excluding carboxylic acids is 2. The Bertz CT molecular complexity index is 849. The summed E-state index contributed by atoms with van der Waals surface area (Å²) in [4.78, 5) is 22.7. The quantitative estimate of drug-likeness (QED) is 0.687. The van der Waals surface area contributed by atoms with Gasteiger partial charge >= 0.3 is 5.97 Å².